The highest BCUT2D eigenvalue weighted by atomic mass is 16.4. The number of carbonyl (C=O) groups excluding carboxylic acids is 1. The molecule has 2 amide bonds. The maximum atomic E-state index is 11.9. The summed E-state index contributed by atoms with van der Waals surface area (Å²) in [7, 11) is 0. The van der Waals surface area contributed by atoms with Gasteiger partial charge in [0.05, 0.1) is 11.1 Å². The molecule has 0 radical (unpaired) electrons. The van der Waals surface area contributed by atoms with E-state index in [1.54, 1.807) is 16.8 Å². The Labute approximate surface area is 133 Å². The van der Waals surface area contributed by atoms with Crippen molar-refractivity contribution in [3.8, 4) is 0 Å². The summed E-state index contributed by atoms with van der Waals surface area (Å²) >= 11 is 0. The van der Waals surface area contributed by atoms with E-state index in [1.807, 2.05) is 20.8 Å². The molecule has 0 bridgehead atoms. The molecule has 1 heterocycles. The van der Waals surface area contributed by atoms with E-state index in [1.165, 1.54) is 18.5 Å². The van der Waals surface area contributed by atoms with Crippen LogP contribution in [0.15, 0.2) is 30.6 Å². The summed E-state index contributed by atoms with van der Waals surface area (Å²) in [4.78, 5) is 26.7. The SMILES string of the molecule is CC(C)(C)n1ncnc1NC(=O)NCc1ccc(C(=O)O)cc1. The fourth-order valence-corrected chi connectivity index (χ4v) is 1.91. The number of amides is 2. The van der Waals surface area contributed by atoms with Crippen molar-refractivity contribution in [1.82, 2.24) is 20.1 Å². The van der Waals surface area contributed by atoms with Gasteiger partial charge < -0.3 is 10.4 Å². The minimum atomic E-state index is -0.983. The zero-order valence-corrected chi connectivity index (χ0v) is 13.2. The number of carbonyl (C=O) groups is 2. The predicted molar refractivity (Wildman–Crippen MR) is 84.3 cm³/mol. The monoisotopic (exact) mass is 317 g/mol. The average Bonchev–Trinajstić information content (AvgIpc) is 2.93. The Morgan fingerprint density at radius 3 is 2.43 bits per heavy atom. The van der Waals surface area contributed by atoms with Crippen molar-refractivity contribution in [2.24, 2.45) is 0 Å². The standard InChI is InChI=1S/C15H19N5O3/c1-15(2,3)20-13(17-9-18-20)19-14(23)16-8-10-4-6-11(7-5-10)12(21)22/h4-7,9H,8H2,1-3H3,(H,21,22)(H2,16,17,18,19,23). The third-order valence-corrected chi connectivity index (χ3v) is 3.06. The number of anilines is 1. The lowest BCUT2D eigenvalue weighted by Gasteiger charge is -2.21. The topological polar surface area (TPSA) is 109 Å². The molecule has 0 aliphatic carbocycles. The number of benzene rings is 1. The van der Waals surface area contributed by atoms with Crippen LogP contribution in [-0.2, 0) is 12.1 Å². The number of hydrogen-bond donors (Lipinski definition) is 3. The number of nitrogens with one attached hydrogen (secondary N) is 2. The fourth-order valence-electron chi connectivity index (χ4n) is 1.91. The number of rotatable bonds is 4. The summed E-state index contributed by atoms with van der Waals surface area (Å²) in [5, 5.41) is 18.3. The Morgan fingerprint density at radius 1 is 1.22 bits per heavy atom. The molecular formula is C15H19N5O3. The van der Waals surface area contributed by atoms with E-state index in [0.717, 1.165) is 5.56 Å². The van der Waals surface area contributed by atoms with E-state index in [9.17, 15) is 9.59 Å². The zero-order chi connectivity index (χ0) is 17.0. The number of aromatic nitrogens is 3. The summed E-state index contributed by atoms with van der Waals surface area (Å²) in [6, 6.07) is 5.88. The number of carboxylic acids is 1. The first-order chi connectivity index (χ1) is 10.8. The Kier molecular flexibility index (Phi) is 4.63. The summed E-state index contributed by atoms with van der Waals surface area (Å²) in [5.41, 5.74) is 0.699. The van der Waals surface area contributed by atoms with Crippen LogP contribution >= 0.6 is 0 Å². The van der Waals surface area contributed by atoms with Crippen molar-refractivity contribution in [2.75, 3.05) is 5.32 Å². The number of aromatic carboxylic acids is 1. The molecule has 1 aromatic heterocycles. The Bertz CT molecular complexity index is 701. The molecule has 8 nitrogen and oxygen atoms in total. The molecule has 3 N–H and O–H groups in total. The van der Waals surface area contributed by atoms with E-state index in [0.29, 0.717) is 5.95 Å². The van der Waals surface area contributed by atoms with Crippen LogP contribution in [0.2, 0.25) is 0 Å². The van der Waals surface area contributed by atoms with Crippen LogP contribution in [0.1, 0.15) is 36.7 Å². The van der Waals surface area contributed by atoms with Crippen molar-refractivity contribution >= 4 is 17.9 Å². The lowest BCUT2D eigenvalue weighted by molar-refractivity contribution is 0.0697. The van der Waals surface area contributed by atoms with Crippen LogP contribution in [0.25, 0.3) is 0 Å². The number of hydrogen-bond acceptors (Lipinski definition) is 4. The van der Waals surface area contributed by atoms with E-state index in [2.05, 4.69) is 20.7 Å². The van der Waals surface area contributed by atoms with Gasteiger partial charge in [-0.3, -0.25) is 5.32 Å². The lowest BCUT2D eigenvalue weighted by Crippen LogP contribution is -2.32. The molecule has 0 atom stereocenters. The fraction of sp³-hybridized carbons (Fsp3) is 0.333. The highest BCUT2D eigenvalue weighted by Gasteiger charge is 2.19. The van der Waals surface area contributed by atoms with Crippen LogP contribution in [0, 0.1) is 0 Å². The van der Waals surface area contributed by atoms with Crippen LogP contribution < -0.4 is 10.6 Å². The second-order valence-corrected chi connectivity index (χ2v) is 5.98. The Morgan fingerprint density at radius 2 is 1.87 bits per heavy atom. The van der Waals surface area contributed by atoms with Crippen molar-refractivity contribution < 1.29 is 14.7 Å². The lowest BCUT2D eigenvalue weighted by atomic mass is 10.1. The molecule has 2 rings (SSSR count). The smallest absolute Gasteiger partial charge is 0.335 e. The van der Waals surface area contributed by atoms with Gasteiger partial charge in [0.25, 0.3) is 0 Å². The van der Waals surface area contributed by atoms with E-state index < -0.39 is 12.0 Å². The highest BCUT2D eigenvalue weighted by Crippen LogP contribution is 2.16. The van der Waals surface area contributed by atoms with Gasteiger partial charge in [-0.2, -0.15) is 10.1 Å². The molecular weight excluding hydrogens is 298 g/mol. The van der Waals surface area contributed by atoms with Gasteiger partial charge in [0.15, 0.2) is 0 Å². The van der Waals surface area contributed by atoms with Crippen molar-refractivity contribution in [3.63, 3.8) is 0 Å². The molecule has 1 aromatic carbocycles. The summed E-state index contributed by atoms with van der Waals surface area (Å²) < 4.78 is 1.62. The first-order valence-electron chi connectivity index (χ1n) is 7.05. The van der Waals surface area contributed by atoms with Crippen LogP contribution in [-0.4, -0.2) is 31.9 Å². The molecule has 23 heavy (non-hydrogen) atoms. The molecule has 0 aliphatic heterocycles. The molecule has 0 saturated heterocycles. The maximum Gasteiger partial charge on any atom is 0.335 e. The third kappa shape index (κ3) is 4.29. The van der Waals surface area contributed by atoms with Gasteiger partial charge >= 0.3 is 12.0 Å². The molecule has 122 valence electrons. The first-order valence-corrected chi connectivity index (χ1v) is 7.05. The molecule has 0 aliphatic rings. The number of urea groups is 1. The third-order valence-electron chi connectivity index (χ3n) is 3.06. The molecule has 0 saturated carbocycles. The van der Waals surface area contributed by atoms with Gasteiger partial charge in [-0.1, -0.05) is 12.1 Å². The Balaban J connectivity index is 1.93. The number of carboxylic acid groups (broad SMARTS) is 1. The van der Waals surface area contributed by atoms with Crippen molar-refractivity contribution in [1.29, 1.82) is 0 Å². The largest absolute Gasteiger partial charge is 0.478 e. The second-order valence-electron chi connectivity index (χ2n) is 5.98. The first kappa shape index (κ1) is 16.5. The van der Waals surface area contributed by atoms with Crippen LogP contribution in [0.5, 0.6) is 0 Å². The van der Waals surface area contributed by atoms with Gasteiger partial charge in [-0.25, -0.2) is 14.3 Å². The molecule has 0 fully saturated rings. The normalized spacial score (nSPS) is 11.1. The highest BCUT2D eigenvalue weighted by molar-refractivity contribution is 5.88. The minimum absolute atomic E-state index is 0.205. The van der Waals surface area contributed by atoms with Crippen LogP contribution in [0.3, 0.4) is 0 Å². The van der Waals surface area contributed by atoms with Crippen LogP contribution in [0.4, 0.5) is 10.7 Å². The zero-order valence-electron chi connectivity index (χ0n) is 13.2. The van der Waals surface area contributed by atoms with Crippen molar-refractivity contribution in [3.05, 3.63) is 41.7 Å². The molecule has 0 unspecified atom stereocenters. The predicted octanol–water partition coefficient (Wildman–Crippen LogP) is 2.05. The summed E-state index contributed by atoms with van der Waals surface area (Å²) in [5.74, 6) is -0.625. The van der Waals surface area contributed by atoms with Gasteiger partial charge in [0, 0.05) is 6.54 Å². The van der Waals surface area contributed by atoms with Gasteiger partial charge in [0.1, 0.15) is 6.33 Å². The second kappa shape index (κ2) is 6.47. The molecule has 0 spiro atoms. The van der Waals surface area contributed by atoms with Gasteiger partial charge in [-0.05, 0) is 38.5 Å². The van der Waals surface area contributed by atoms with E-state index >= 15 is 0 Å². The summed E-state index contributed by atoms with van der Waals surface area (Å²) in [6.45, 7) is 6.13. The van der Waals surface area contributed by atoms with E-state index in [4.69, 9.17) is 5.11 Å². The molecule has 8 heteroatoms. The van der Waals surface area contributed by atoms with Gasteiger partial charge in [-0.15, -0.1) is 0 Å². The average molecular weight is 317 g/mol. The van der Waals surface area contributed by atoms with Gasteiger partial charge in [0.2, 0.25) is 5.95 Å². The quantitative estimate of drug-likeness (QED) is 0.799. The summed E-state index contributed by atoms with van der Waals surface area (Å²) in [6.07, 6.45) is 1.38. The van der Waals surface area contributed by atoms with Crippen molar-refractivity contribution in [2.45, 2.75) is 32.9 Å². The molecule has 2 aromatic rings. The Hall–Kier alpha value is -2.90. The van der Waals surface area contributed by atoms with E-state index in [-0.39, 0.29) is 17.6 Å². The maximum absolute atomic E-state index is 11.9. The number of nitrogens with zero attached hydrogens (tertiary/aromatic N) is 3. The minimum Gasteiger partial charge on any atom is -0.478 e.